The normalized spacial score (nSPS) is 34.3. The van der Waals surface area contributed by atoms with E-state index in [4.69, 9.17) is 46.7 Å². The summed E-state index contributed by atoms with van der Waals surface area (Å²) in [7, 11) is -1.90. The van der Waals surface area contributed by atoms with Crippen LogP contribution in [0.3, 0.4) is 0 Å². The number of allylic oxidation sites excluding steroid dienone is 13. The first kappa shape index (κ1) is 65.7. The maximum Gasteiger partial charge on any atom is 0.313 e. The van der Waals surface area contributed by atoms with Gasteiger partial charge in [-0.15, -0.1) is 0 Å². The van der Waals surface area contributed by atoms with Gasteiger partial charge in [0, 0.05) is 39.2 Å². The molecule has 0 unspecified atom stereocenters. The van der Waals surface area contributed by atoms with Crippen LogP contribution >= 0.6 is 0 Å². The van der Waals surface area contributed by atoms with Crippen molar-refractivity contribution in [3.8, 4) is 0 Å². The minimum Gasteiger partial charge on any atom is -0.469 e. The van der Waals surface area contributed by atoms with Crippen LogP contribution in [-0.4, -0.2) is 120 Å². The summed E-state index contributed by atoms with van der Waals surface area (Å²) in [4.78, 5) is 27.6. The lowest BCUT2D eigenvalue weighted by Gasteiger charge is -2.52. The molecule has 3 fully saturated rings. The van der Waals surface area contributed by atoms with Crippen LogP contribution in [0.5, 0.6) is 0 Å². The summed E-state index contributed by atoms with van der Waals surface area (Å²) in [6.07, 6.45) is 26.4. The molecule has 0 saturated carbocycles. The van der Waals surface area contributed by atoms with Crippen LogP contribution in [0.15, 0.2) is 85.1 Å². The van der Waals surface area contributed by atoms with Crippen molar-refractivity contribution < 1.29 is 61.4 Å². The van der Waals surface area contributed by atoms with Crippen LogP contribution in [-0.2, 0) is 56.3 Å². The maximum absolute atomic E-state index is 14.0. The molecule has 15 heteroatoms. The van der Waals surface area contributed by atoms with Gasteiger partial charge in [0.15, 0.2) is 34.0 Å². The van der Waals surface area contributed by atoms with Gasteiger partial charge < -0.3 is 51.9 Å². The van der Waals surface area contributed by atoms with E-state index in [-0.39, 0.29) is 72.1 Å². The van der Waals surface area contributed by atoms with E-state index in [1.807, 2.05) is 95.4 Å². The predicted octanol–water partition coefficient (Wildman–Crippen LogP) is 13.3. The molecule has 1 N–H and O–H groups in total. The molecule has 0 spiro atoms. The highest BCUT2D eigenvalue weighted by molar-refractivity contribution is 6.74. The molecule has 0 radical (unpaired) electrons. The molecule has 4 rings (SSSR count). The van der Waals surface area contributed by atoms with E-state index in [9.17, 15) is 14.7 Å². The van der Waals surface area contributed by atoms with Gasteiger partial charge in [-0.3, -0.25) is 9.59 Å². The highest BCUT2D eigenvalue weighted by Crippen LogP contribution is 2.48. The van der Waals surface area contributed by atoms with E-state index < -0.39 is 76.4 Å². The molecule has 13 atom stereocenters. The molecule has 4 aliphatic heterocycles. The minimum atomic E-state index is -2.52. The highest BCUT2D eigenvalue weighted by Gasteiger charge is 2.56. The number of rotatable bonds is 6. The van der Waals surface area contributed by atoms with Crippen LogP contribution in [0.2, 0.25) is 36.3 Å². The summed E-state index contributed by atoms with van der Waals surface area (Å²) in [6.45, 7) is 36.1. The molecule has 13 nitrogen and oxygen atoms in total. The Morgan fingerprint density at radius 3 is 1.64 bits per heavy atom. The SMILES string of the molecule is COC(=O)[C@H]1[C@@H]2C[C@@H](O)C=CC=CC=CC=CC=CC=CC=C[C@H](C)C[C@@H](C)[C@H](C)OC(=O)C[C@H]3C[C@@H](CC[C@@H](O[Si](C)(C)C(C)(C)C)[C@H]4C[C@@H](C[C@](OC)(C[C@@H]1O[Si](C)(C)C(C)(C)C)O2)OC(C)(C)O4)OC(C)(C)O3. The van der Waals surface area contributed by atoms with Gasteiger partial charge >= 0.3 is 11.9 Å². The fourth-order valence-electron chi connectivity index (χ4n) is 10.1. The largest absolute Gasteiger partial charge is 0.469 e. The van der Waals surface area contributed by atoms with Crippen LogP contribution in [0.4, 0.5) is 0 Å². The number of hydrogen-bond acceptors (Lipinski definition) is 13. The van der Waals surface area contributed by atoms with E-state index in [2.05, 4.69) is 93.7 Å². The molecule has 0 aliphatic carbocycles. The van der Waals surface area contributed by atoms with Crippen molar-refractivity contribution in [2.75, 3.05) is 14.2 Å². The Morgan fingerprint density at radius 1 is 0.605 bits per heavy atom. The van der Waals surface area contributed by atoms with E-state index in [1.54, 1.807) is 19.3 Å². The molecule has 432 valence electrons. The van der Waals surface area contributed by atoms with Gasteiger partial charge in [-0.05, 0) is 102 Å². The Kier molecular flexibility index (Phi) is 24.3. The third-order valence-corrected chi connectivity index (χ3v) is 25.3. The Morgan fingerprint density at radius 2 is 1.11 bits per heavy atom. The van der Waals surface area contributed by atoms with Crippen molar-refractivity contribution in [1.29, 1.82) is 0 Å². The zero-order valence-electron chi connectivity index (χ0n) is 50.2. The molecular formula is C61H102O13Si2. The first-order valence-electron chi connectivity index (χ1n) is 28.1. The lowest BCUT2D eigenvalue weighted by molar-refractivity contribution is -0.347. The average molecular weight is 1100 g/mol. The highest BCUT2D eigenvalue weighted by atomic mass is 28.4. The standard InChI is InChI=1S/C61H102O13Si2/c1-43-32-30-28-26-24-22-20-21-23-25-27-29-31-33-46(62)37-52-55(56(64)65-14)53(74-76(18,19)58(7,8)9)42-61(66-15,72-52)41-49-39-51(71-60(12,13)70-49)50(73-75(16,17)57(4,5)6)35-34-47-38-48(69-59(10,11)68-47)40-54(63)67-45(3)44(2)36-43/h20-33,43-53,55,62H,34-42H2,1-19H3/t43-,44+,45-,46-,47+,48+,49-,50+,51+,52-,53-,55-,61+/m0/s1. The molecule has 4 heterocycles. The molecule has 4 aliphatic rings. The van der Waals surface area contributed by atoms with Crippen LogP contribution in [0.25, 0.3) is 0 Å². The number of ether oxygens (including phenoxy) is 8. The van der Waals surface area contributed by atoms with Gasteiger partial charge in [0.2, 0.25) is 0 Å². The Hall–Kier alpha value is -2.81. The summed E-state index contributed by atoms with van der Waals surface area (Å²) in [5, 5.41) is 11.3. The average Bonchev–Trinajstić information content (AvgIpc) is 3.27. The third-order valence-electron chi connectivity index (χ3n) is 16.3. The van der Waals surface area contributed by atoms with Crippen molar-refractivity contribution in [1.82, 2.24) is 0 Å². The third kappa shape index (κ3) is 20.4. The van der Waals surface area contributed by atoms with Crippen LogP contribution in [0.1, 0.15) is 148 Å². The second-order valence-corrected chi connectivity index (χ2v) is 35.4. The molecule has 0 aromatic carbocycles. The second kappa shape index (κ2) is 28.1. The maximum atomic E-state index is 14.0. The lowest BCUT2D eigenvalue weighted by Crippen LogP contribution is -2.61. The van der Waals surface area contributed by atoms with Gasteiger partial charge in [0.1, 0.15) is 12.0 Å². The summed E-state index contributed by atoms with van der Waals surface area (Å²) in [5.41, 5.74) is 0. The number of carbonyl (C=O) groups excluding carboxylic acids is 2. The van der Waals surface area contributed by atoms with Crippen molar-refractivity contribution >= 4 is 28.6 Å². The van der Waals surface area contributed by atoms with Gasteiger partial charge in [0.05, 0.1) is 62.4 Å². The zero-order chi connectivity index (χ0) is 56.9. The summed E-state index contributed by atoms with van der Waals surface area (Å²) < 4.78 is 66.4. The number of hydrogen-bond donors (Lipinski definition) is 1. The molecule has 3 saturated heterocycles. The number of aliphatic hydroxyl groups is 1. The monoisotopic (exact) mass is 1100 g/mol. The number of fused-ring (bicyclic) bond motifs is 6. The Labute approximate surface area is 461 Å². The van der Waals surface area contributed by atoms with Crippen molar-refractivity contribution in [2.45, 2.75) is 256 Å². The number of esters is 2. The summed E-state index contributed by atoms with van der Waals surface area (Å²) >= 11 is 0. The minimum absolute atomic E-state index is 0.0807. The fraction of sp³-hybridized carbons (Fsp3) is 0.738. The molecule has 76 heavy (non-hydrogen) atoms. The molecule has 6 bridgehead atoms. The topological polar surface area (TPSA) is 147 Å². The van der Waals surface area contributed by atoms with Gasteiger partial charge in [-0.1, -0.05) is 140 Å². The van der Waals surface area contributed by atoms with Gasteiger partial charge in [-0.25, -0.2) is 0 Å². The first-order chi connectivity index (χ1) is 35.2. The van der Waals surface area contributed by atoms with Gasteiger partial charge in [-0.2, -0.15) is 0 Å². The summed E-state index contributed by atoms with van der Waals surface area (Å²) in [6, 6.07) is 0. The first-order valence-corrected chi connectivity index (χ1v) is 33.9. The number of carbonyl (C=O) groups is 2. The molecular weight excluding hydrogens is 997 g/mol. The Balaban J connectivity index is 1.76. The van der Waals surface area contributed by atoms with E-state index in [1.165, 1.54) is 7.11 Å². The van der Waals surface area contributed by atoms with Crippen molar-refractivity contribution in [3.05, 3.63) is 85.1 Å². The lowest BCUT2D eigenvalue weighted by atomic mass is 9.82. The second-order valence-electron chi connectivity index (χ2n) is 25.9. The van der Waals surface area contributed by atoms with E-state index >= 15 is 0 Å². The number of cyclic esters (lactones) is 1. The zero-order valence-corrected chi connectivity index (χ0v) is 52.2. The molecule has 0 amide bonds. The fourth-order valence-corrected chi connectivity index (χ4v) is 12.9. The summed E-state index contributed by atoms with van der Waals surface area (Å²) in [5.74, 6) is -4.37. The van der Waals surface area contributed by atoms with E-state index in [0.717, 1.165) is 6.42 Å². The quantitative estimate of drug-likeness (QED) is 0.199. The van der Waals surface area contributed by atoms with Crippen LogP contribution < -0.4 is 0 Å². The smallest absolute Gasteiger partial charge is 0.313 e. The van der Waals surface area contributed by atoms with Crippen LogP contribution in [0, 0.1) is 17.8 Å². The number of aliphatic hydroxyl groups excluding tert-OH is 1. The van der Waals surface area contributed by atoms with Crippen molar-refractivity contribution in [3.63, 3.8) is 0 Å². The number of methoxy groups -OCH3 is 2. The predicted molar refractivity (Wildman–Crippen MR) is 307 cm³/mol. The Bertz CT molecular complexity index is 2060. The molecule has 0 aromatic heterocycles. The van der Waals surface area contributed by atoms with Gasteiger partial charge in [0.25, 0.3) is 0 Å². The molecule has 0 aromatic rings. The van der Waals surface area contributed by atoms with E-state index in [0.29, 0.717) is 31.6 Å². The van der Waals surface area contributed by atoms with Crippen molar-refractivity contribution in [2.24, 2.45) is 17.8 Å².